The molecule has 2 aliphatic rings. The molecular formula is C29H38ClNO3. The van der Waals surface area contributed by atoms with Crippen LogP contribution in [-0.2, 0) is 9.53 Å². The van der Waals surface area contributed by atoms with E-state index in [1.54, 1.807) is 0 Å². The fraction of sp³-hybridized carbons (Fsp3) is 0.552. The second kappa shape index (κ2) is 11.1. The van der Waals surface area contributed by atoms with Gasteiger partial charge in [-0.1, -0.05) is 69.6 Å². The normalized spacial score (nSPS) is 27.6. The van der Waals surface area contributed by atoms with Crippen molar-refractivity contribution in [1.82, 2.24) is 4.90 Å². The van der Waals surface area contributed by atoms with Gasteiger partial charge in [0.05, 0.1) is 12.7 Å². The Morgan fingerprint density at radius 2 is 1.82 bits per heavy atom. The van der Waals surface area contributed by atoms with E-state index in [1.165, 1.54) is 12.0 Å². The zero-order valence-corrected chi connectivity index (χ0v) is 21.6. The average Bonchev–Trinajstić information content (AvgIpc) is 2.82. The Bertz CT molecular complexity index is 967. The van der Waals surface area contributed by atoms with Gasteiger partial charge in [-0.15, -0.1) is 0 Å². The maximum atomic E-state index is 12.8. The van der Waals surface area contributed by atoms with Crippen LogP contribution in [0.5, 0.6) is 5.75 Å². The Balaban J connectivity index is 1.42. The van der Waals surface area contributed by atoms with Crippen LogP contribution >= 0.6 is 11.6 Å². The molecule has 2 aromatic rings. The molecule has 1 amide bonds. The zero-order valence-electron chi connectivity index (χ0n) is 20.9. The molecule has 5 heteroatoms. The molecular weight excluding hydrogens is 446 g/mol. The first kappa shape index (κ1) is 25.1. The van der Waals surface area contributed by atoms with Crippen molar-refractivity contribution in [2.24, 2.45) is 23.7 Å². The summed E-state index contributed by atoms with van der Waals surface area (Å²) in [5.74, 6) is 3.00. The molecule has 2 unspecified atom stereocenters. The molecule has 4 nitrogen and oxygen atoms in total. The van der Waals surface area contributed by atoms with E-state index in [-0.39, 0.29) is 18.6 Å². The standard InChI is InChI=1S/C29H38ClNO3/c1-19(2)26-14-23(25-10-5-6-11-27(25)30)17-34-29(26)22-8-7-9-24(13-22)33-18-28(32)31-15-20(3)12-21(4)16-31/h5-11,13,19-21,23,26,29H,12,14-18H2,1-4H3/t20?,21?,23-,26-,29-/m0/s1. The largest absolute Gasteiger partial charge is 0.484 e. The fourth-order valence-electron chi connectivity index (χ4n) is 5.74. The van der Waals surface area contributed by atoms with Crippen LogP contribution in [0.2, 0.25) is 5.02 Å². The van der Waals surface area contributed by atoms with Gasteiger partial charge in [0.2, 0.25) is 0 Å². The number of amides is 1. The van der Waals surface area contributed by atoms with E-state index in [4.69, 9.17) is 21.1 Å². The highest BCUT2D eigenvalue weighted by Crippen LogP contribution is 2.45. The average molecular weight is 484 g/mol. The Labute approximate surface area is 209 Å². The van der Waals surface area contributed by atoms with E-state index < -0.39 is 0 Å². The van der Waals surface area contributed by atoms with Gasteiger partial charge in [0.25, 0.3) is 5.91 Å². The molecule has 2 fully saturated rings. The summed E-state index contributed by atoms with van der Waals surface area (Å²) in [5, 5.41) is 0.814. The van der Waals surface area contributed by atoms with Crippen molar-refractivity contribution >= 4 is 17.5 Å². The summed E-state index contributed by atoms with van der Waals surface area (Å²) in [7, 11) is 0. The Hall–Kier alpha value is -2.04. The van der Waals surface area contributed by atoms with Gasteiger partial charge in [-0.2, -0.15) is 0 Å². The first-order valence-corrected chi connectivity index (χ1v) is 13.1. The summed E-state index contributed by atoms with van der Waals surface area (Å²) in [6.45, 7) is 11.3. The molecule has 2 aromatic carbocycles. The van der Waals surface area contributed by atoms with Crippen molar-refractivity contribution in [3.63, 3.8) is 0 Å². The third-order valence-corrected chi connectivity index (χ3v) is 7.74. The fourth-order valence-corrected chi connectivity index (χ4v) is 6.03. The van der Waals surface area contributed by atoms with Gasteiger partial charge in [-0.3, -0.25) is 4.79 Å². The van der Waals surface area contributed by atoms with Crippen LogP contribution in [0.25, 0.3) is 0 Å². The molecule has 4 rings (SSSR count). The van der Waals surface area contributed by atoms with E-state index in [9.17, 15) is 4.79 Å². The van der Waals surface area contributed by atoms with Gasteiger partial charge in [0.15, 0.2) is 6.61 Å². The molecule has 34 heavy (non-hydrogen) atoms. The van der Waals surface area contributed by atoms with Crippen molar-refractivity contribution in [2.45, 2.75) is 52.6 Å². The molecule has 0 spiro atoms. The molecule has 0 N–H and O–H groups in total. The Kier molecular flexibility index (Phi) is 8.21. The van der Waals surface area contributed by atoms with Crippen molar-refractivity contribution in [1.29, 1.82) is 0 Å². The number of ether oxygens (including phenoxy) is 2. The van der Waals surface area contributed by atoms with E-state index >= 15 is 0 Å². The van der Waals surface area contributed by atoms with E-state index in [0.29, 0.717) is 36.2 Å². The number of hydrogen-bond donors (Lipinski definition) is 0. The molecule has 0 saturated carbocycles. The second-order valence-electron chi connectivity index (χ2n) is 10.7. The summed E-state index contributed by atoms with van der Waals surface area (Å²) in [6, 6.07) is 16.2. The van der Waals surface area contributed by atoms with Gasteiger partial charge < -0.3 is 14.4 Å². The minimum Gasteiger partial charge on any atom is -0.484 e. The maximum absolute atomic E-state index is 12.8. The van der Waals surface area contributed by atoms with Crippen molar-refractivity contribution in [3.8, 4) is 5.75 Å². The number of rotatable bonds is 6. The van der Waals surface area contributed by atoms with Crippen LogP contribution in [-0.4, -0.2) is 37.1 Å². The van der Waals surface area contributed by atoms with Crippen molar-refractivity contribution in [2.75, 3.05) is 26.3 Å². The summed E-state index contributed by atoms with van der Waals surface area (Å²) < 4.78 is 12.4. The molecule has 0 aromatic heterocycles. The number of likely N-dealkylation sites (tertiary alicyclic amines) is 1. The van der Waals surface area contributed by atoms with E-state index in [2.05, 4.69) is 39.8 Å². The highest BCUT2D eigenvalue weighted by Gasteiger charge is 2.35. The predicted molar refractivity (Wildman–Crippen MR) is 137 cm³/mol. The maximum Gasteiger partial charge on any atom is 0.260 e. The number of hydrogen-bond acceptors (Lipinski definition) is 3. The lowest BCUT2D eigenvalue weighted by atomic mass is 9.76. The summed E-state index contributed by atoms with van der Waals surface area (Å²) >= 11 is 6.49. The van der Waals surface area contributed by atoms with Gasteiger partial charge in [0, 0.05) is 24.0 Å². The smallest absolute Gasteiger partial charge is 0.260 e. The zero-order chi connectivity index (χ0) is 24.2. The van der Waals surface area contributed by atoms with Crippen LogP contribution in [0.1, 0.15) is 63.7 Å². The Morgan fingerprint density at radius 1 is 1.09 bits per heavy atom. The van der Waals surface area contributed by atoms with Crippen LogP contribution in [0, 0.1) is 23.7 Å². The van der Waals surface area contributed by atoms with Gasteiger partial charge in [0.1, 0.15) is 5.75 Å². The number of carbonyl (C=O) groups is 1. The summed E-state index contributed by atoms with van der Waals surface area (Å²) in [4.78, 5) is 14.7. The molecule has 0 radical (unpaired) electrons. The van der Waals surface area contributed by atoms with Crippen LogP contribution in [0.15, 0.2) is 48.5 Å². The molecule has 5 atom stereocenters. The third-order valence-electron chi connectivity index (χ3n) is 7.39. The first-order valence-electron chi connectivity index (χ1n) is 12.7. The SMILES string of the molecule is CC1CC(C)CN(C(=O)COc2cccc([C@@H]3OC[C@@H](c4ccccc4Cl)C[C@H]3C(C)C)c2)C1. The lowest BCUT2D eigenvalue weighted by Gasteiger charge is -2.39. The third kappa shape index (κ3) is 5.95. The highest BCUT2D eigenvalue weighted by atomic mass is 35.5. The first-order chi connectivity index (χ1) is 16.3. The molecule has 2 aliphatic heterocycles. The number of nitrogens with zero attached hydrogens (tertiary/aromatic N) is 1. The molecule has 2 saturated heterocycles. The lowest BCUT2D eigenvalue weighted by Crippen LogP contribution is -2.44. The number of halogens is 1. The summed E-state index contributed by atoms with van der Waals surface area (Å²) in [6.07, 6.45) is 2.21. The van der Waals surface area contributed by atoms with Gasteiger partial charge >= 0.3 is 0 Å². The van der Waals surface area contributed by atoms with Crippen LogP contribution in [0.3, 0.4) is 0 Å². The van der Waals surface area contributed by atoms with E-state index in [1.807, 2.05) is 41.3 Å². The topological polar surface area (TPSA) is 38.8 Å². The summed E-state index contributed by atoms with van der Waals surface area (Å²) in [5.41, 5.74) is 2.28. The quantitative estimate of drug-likeness (QED) is 0.456. The van der Waals surface area contributed by atoms with E-state index in [0.717, 1.165) is 35.8 Å². The number of piperidine rings is 1. The highest BCUT2D eigenvalue weighted by molar-refractivity contribution is 6.31. The van der Waals surface area contributed by atoms with Gasteiger partial charge in [-0.25, -0.2) is 0 Å². The van der Waals surface area contributed by atoms with Crippen molar-refractivity contribution < 1.29 is 14.3 Å². The van der Waals surface area contributed by atoms with Crippen LogP contribution in [0.4, 0.5) is 0 Å². The second-order valence-corrected chi connectivity index (χ2v) is 11.1. The molecule has 0 aliphatic carbocycles. The minimum atomic E-state index is 0.00165. The number of carbonyl (C=O) groups excluding carboxylic acids is 1. The molecule has 2 heterocycles. The van der Waals surface area contributed by atoms with Gasteiger partial charge in [-0.05, 0) is 65.8 Å². The van der Waals surface area contributed by atoms with Crippen LogP contribution < -0.4 is 4.74 Å². The Morgan fingerprint density at radius 3 is 2.53 bits per heavy atom. The van der Waals surface area contributed by atoms with Crippen molar-refractivity contribution in [3.05, 3.63) is 64.7 Å². The minimum absolute atomic E-state index is 0.00165. The number of benzene rings is 2. The monoisotopic (exact) mass is 483 g/mol. The molecule has 184 valence electrons. The predicted octanol–water partition coefficient (Wildman–Crippen LogP) is 6.74. The lowest BCUT2D eigenvalue weighted by molar-refractivity contribution is -0.136. The molecule has 0 bridgehead atoms.